The van der Waals surface area contributed by atoms with Crippen LogP contribution in [0.3, 0.4) is 0 Å². The van der Waals surface area contributed by atoms with Gasteiger partial charge in [0.15, 0.2) is 0 Å². The first-order valence-electron chi connectivity index (χ1n) is 8.13. The maximum atomic E-state index is 12.4. The molecule has 4 rings (SSSR count). The minimum absolute atomic E-state index is 0.0240. The second-order valence-corrected chi connectivity index (χ2v) is 6.38. The molecule has 5 heteroatoms. The Morgan fingerprint density at radius 3 is 2.65 bits per heavy atom. The number of carbonyl (C=O) groups excluding carboxylic acids is 1. The largest absolute Gasteiger partial charge is 0.497 e. The second kappa shape index (κ2) is 5.74. The average Bonchev–Trinajstić information content (AvgIpc) is 3.31. The van der Waals surface area contributed by atoms with Crippen molar-refractivity contribution >= 4 is 5.91 Å². The van der Waals surface area contributed by atoms with Crippen LogP contribution in [-0.2, 0) is 0 Å². The Kier molecular flexibility index (Phi) is 3.58. The first-order chi connectivity index (χ1) is 11.2. The van der Waals surface area contributed by atoms with Gasteiger partial charge in [0.1, 0.15) is 11.4 Å². The van der Waals surface area contributed by atoms with Gasteiger partial charge in [0.2, 0.25) is 0 Å². The Hall–Kier alpha value is -2.27. The van der Waals surface area contributed by atoms with Crippen LogP contribution in [-0.4, -0.2) is 36.1 Å². The van der Waals surface area contributed by atoms with E-state index < -0.39 is 0 Å². The van der Waals surface area contributed by atoms with Gasteiger partial charge in [0.25, 0.3) is 5.91 Å². The van der Waals surface area contributed by atoms with Crippen LogP contribution in [0, 0.1) is 0 Å². The van der Waals surface area contributed by atoms with E-state index in [1.807, 2.05) is 36.4 Å². The molecular weight excluding hydrogens is 290 g/mol. The van der Waals surface area contributed by atoms with Crippen molar-refractivity contribution in [1.82, 2.24) is 15.6 Å². The molecular formula is C18H21N3O2. The lowest BCUT2D eigenvalue weighted by Crippen LogP contribution is -2.43. The van der Waals surface area contributed by atoms with E-state index in [2.05, 4.69) is 15.6 Å². The summed E-state index contributed by atoms with van der Waals surface area (Å²) in [4.78, 5) is 15.6. The van der Waals surface area contributed by atoms with Gasteiger partial charge in [-0.1, -0.05) is 0 Å². The van der Waals surface area contributed by atoms with Crippen molar-refractivity contribution in [3.05, 3.63) is 42.1 Å². The van der Waals surface area contributed by atoms with Crippen LogP contribution < -0.4 is 15.4 Å². The third-order valence-electron chi connectivity index (χ3n) is 4.95. The third-order valence-corrected chi connectivity index (χ3v) is 4.95. The smallest absolute Gasteiger partial charge is 0.267 e. The Labute approximate surface area is 135 Å². The molecule has 0 radical (unpaired) electrons. The number of carbonyl (C=O) groups is 1. The summed E-state index contributed by atoms with van der Waals surface area (Å²) in [6.45, 7) is 0. The van der Waals surface area contributed by atoms with Crippen LogP contribution in [0.1, 0.15) is 29.8 Å². The van der Waals surface area contributed by atoms with Crippen LogP contribution in [0.5, 0.6) is 5.75 Å². The second-order valence-electron chi connectivity index (χ2n) is 6.38. The van der Waals surface area contributed by atoms with E-state index in [1.54, 1.807) is 7.11 Å². The van der Waals surface area contributed by atoms with E-state index in [0.717, 1.165) is 29.8 Å². The molecule has 1 amide bonds. The number of hydrogen-bond donors (Lipinski definition) is 3. The summed E-state index contributed by atoms with van der Waals surface area (Å²) in [5, 5.41) is 6.70. The number of H-pyrrole nitrogens is 1. The molecule has 3 heterocycles. The summed E-state index contributed by atoms with van der Waals surface area (Å²) in [6, 6.07) is 12.9. The van der Waals surface area contributed by atoms with Crippen LogP contribution in [0.4, 0.5) is 0 Å². The molecule has 2 aliphatic heterocycles. The number of ether oxygens (including phenoxy) is 1. The molecule has 2 aliphatic rings. The zero-order valence-electron chi connectivity index (χ0n) is 13.1. The van der Waals surface area contributed by atoms with E-state index in [1.165, 1.54) is 6.42 Å². The van der Waals surface area contributed by atoms with Crippen LogP contribution in [0.25, 0.3) is 11.3 Å². The highest BCUT2D eigenvalue weighted by atomic mass is 16.5. The van der Waals surface area contributed by atoms with Crippen molar-refractivity contribution in [1.29, 1.82) is 0 Å². The summed E-state index contributed by atoms with van der Waals surface area (Å²) in [5.41, 5.74) is 2.58. The molecule has 1 aromatic heterocycles. The summed E-state index contributed by atoms with van der Waals surface area (Å²) in [7, 11) is 1.65. The first-order valence-corrected chi connectivity index (χ1v) is 8.13. The molecule has 0 spiro atoms. The molecule has 120 valence electrons. The van der Waals surface area contributed by atoms with E-state index in [-0.39, 0.29) is 11.9 Å². The number of amides is 1. The van der Waals surface area contributed by atoms with E-state index in [9.17, 15) is 4.79 Å². The monoisotopic (exact) mass is 311 g/mol. The van der Waals surface area contributed by atoms with Gasteiger partial charge >= 0.3 is 0 Å². The van der Waals surface area contributed by atoms with Crippen LogP contribution in [0.2, 0.25) is 0 Å². The number of hydrogen-bond acceptors (Lipinski definition) is 3. The maximum Gasteiger partial charge on any atom is 0.267 e. The van der Waals surface area contributed by atoms with Gasteiger partial charge in [0, 0.05) is 23.8 Å². The van der Waals surface area contributed by atoms with Crippen molar-refractivity contribution < 1.29 is 9.53 Å². The van der Waals surface area contributed by atoms with Crippen LogP contribution in [0.15, 0.2) is 36.4 Å². The fourth-order valence-corrected chi connectivity index (χ4v) is 3.70. The van der Waals surface area contributed by atoms with E-state index in [0.29, 0.717) is 17.8 Å². The van der Waals surface area contributed by atoms with E-state index in [4.69, 9.17) is 4.74 Å². The lowest BCUT2D eigenvalue weighted by atomic mass is 9.95. The SMILES string of the molecule is COc1ccc(-c2ccc(C(=O)N[C@@H]3C[C@H]4CC[C@@H]3N4)[nH]2)cc1. The summed E-state index contributed by atoms with van der Waals surface area (Å²) < 4.78 is 5.17. The summed E-state index contributed by atoms with van der Waals surface area (Å²) in [6.07, 6.45) is 3.45. The van der Waals surface area contributed by atoms with Crippen molar-refractivity contribution in [3.63, 3.8) is 0 Å². The number of fused-ring (bicyclic) bond motifs is 2. The van der Waals surface area contributed by atoms with Crippen molar-refractivity contribution in [2.24, 2.45) is 0 Å². The standard InChI is InChI=1S/C18H21N3O2/c1-23-13-5-2-11(3-6-13)14-8-9-16(20-14)18(22)21-17-10-12-4-7-15(17)19-12/h2-3,5-6,8-9,12,15,17,19-20H,4,7,10H2,1H3,(H,21,22)/t12-,15+,17-/m1/s1. The van der Waals surface area contributed by atoms with Gasteiger partial charge < -0.3 is 20.4 Å². The lowest BCUT2D eigenvalue weighted by molar-refractivity contribution is 0.0926. The molecule has 2 bridgehead atoms. The molecule has 2 saturated heterocycles. The topological polar surface area (TPSA) is 66.2 Å². The molecule has 0 saturated carbocycles. The van der Waals surface area contributed by atoms with Gasteiger partial charge in [-0.15, -0.1) is 0 Å². The highest BCUT2D eigenvalue weighted by Crippen LogP contribution is 2.28. The Morgan fingerprint density at radius 2 is 2.00 bits per heavy atom. The van der Waals surface area contributed by atoms with Crippen molar-refractivity contribution in [2.75, 3.05) is 7.11 Å². The molecule has 0 unspecified atom stereocenters. The van der Waals surface area contributed by atoms with Gasteiger partial charge in [-0.3, -0.25) is 4.79 Å². The molecule has 5 nitrogen and oxygen atoms in total. The normalized spacial score (nSPS) is 25.5. The molecule has 2 aromatic rings. The highest BCUT2D eigenvalue weighted by molar-refractivity contribution is 5.93. The zero-order valence-corrected chi connectivity index (χ0v) is 13.1. The minimum Gasteiger partial charge on any atom is -0.497 e. The van der Waals surface area contributed by atoms with Gasteiger partial charge in [0.05, 0.1) is 7.11 Å². The molecule has 3 N–H and O–H groups in total. The quantitative estimate of drug-likeness (QED) is 0.812. The highest BCUT2D eigenvalue weighted by Gasteiger charge is 2.39. The Balaban J connectivity index is 1.45. The molecule has 23 heavy (non-hydrogen) atoms. The summed E-state index contributed by atoms with van der Waals surface area (Å²) in [5.74, 6) is 0.797. The number of aromatic amines is 1. The summed E-state index contributed by atoms with van der Waals surface area (Å²) >= 11 is 0. The van der Waals surface area contributed by atoms with Gasteiger partial charge in [-0.2, -0.15) is 0 Å². The first kappa shape index (κ1) is 14.3. The predicted molar refractivity (Wildman–Crippen MR) is 88.6 cm³/mol. The van der Waals surface area contributed by atoms with Crippen molar-refractivity contribution in [3.8, 4) is 17.0 Å². The Bertz CT molecular complexity index is 707. The Morgan fingerprint density at radius 1 is 1.17 bits per heavy atom. The molecule has 0 aliphatic carbocycles. The lowest BCUT2D eigenvalue weighted by Gasteiger charge is -2.21. The maximum absolute atomic E-state index is 12.4. The number of nitrogens with one attached hydrogen (secondary N) is 3. The van der Waals surface area contributed by atoms with Gasteiger partial charge in [-0.05, 0) is 61.2 Å². The average molecular weight is 311 g/mol. The van der Waals surface area contributed by atoms with Crippen molar-refractivity contribution in [2.45, 2.75) is 37.4 Å². The number of benzene rings is 1. The number of rotatable bonds is 4. The molecule has 1 aromatic carbocycles. The minimum atomic E-state index is -0.0240. The molecule has 3 atom stereocenters. The van der Waals surface area contributed by atoms with E-state index >= 15 is 0 Å². The number of aromatic nitrogens is 1. The fraction of sp³-hybridized carbons (Fsp3) is 0.389. The van der Waals surface area contributed by atoms with Gasteiger partial charge in [-0.25, -0.2) is 0 Å². The fourth-order valence-electron chi connectivity index (χ4n) is 3.70. The number of methoxy groups -OCH3 is 1. The molecule has 2 fully saturated rings. The zero-order chi connectivity index (χ0) is 15.8. The predicted octanol–water partition coefficient (Wildman–Crippen LogP) is 2.31. The third kappa shape index (κ3) is 2.72. The van der Waals surface area contributed by atoms with Crippen LogP contribution >= 0.6 is 0 Å².